The van der Waals surface area contributed by atoms with Gasteiger partial charge in [0.05, 0.1) is 17.2 Å². The second-order valence-electron chi connectivity index (χ2n) is 3.59. The lowest BCUT2D eigenvalue weighted by molar-refractivity contribution is 0.413. The second-order valence-corrected chi connectivity index (χ2v) is 4.41. The van der Waals surface area contributed by atoms with Crippen LogP contribution in [-0.2, 0) is 0 Å². The first kappa shape index (κ1) is 12.9. The summed E-state index contributed by atoms with van der Waals surface area (Å²) < 4.78 is 10.7. The van der Waals surface area contributed by atoms with Crippen LogP contribution in [0.25, 0.3) is 0 Å². The third-order valence-electron chi connectivity index (χ3n) is 2.30. The molecule has 0 aromatic heterocycles. The van der Waals surface area contributed by atoms with E-state index in [2.05, 4.69) is 0 Å². The Balaban J connectivity index is 2.28. The van der Waals surface area contributed by atoms with Crippen molar-refractivity contribution in [3.05, 3.63) is 46.4 Å². The number of anilines is 1. The van der Waals surface area contributed by atoms with Gasteiger partial charge in [0, 0.05) is 5.69 Å². The molecule has 0 saturated heterocycles. The zero-order valence-electron chi connectivity index (χ0n) is 9.61. The average Bonchev–Trinajstić information content (AvgIpc) is 2.34. The minimum atomic E-state index is 0.371. The van der Waals surface area contributed by atoms with E-state index in [0.717, 1.165) is 5.75 Å². The number of nitrogen functional groups attached to an aromatic ring is 1. The van der Waals surface area contributed by atoms with Crippen LogP contribution in [0.15, 0.2) is 36.4 Å². The van der Waals surface area contributed by atoms with Gasteiger partial charge in [-0.1, -0.05) is 23.2 Å². The molecule has 0 atom stereocenters. The molecule has 0 radical (unpaired) electrons. The van der Waals surface area contributed by atoms with Crippen molar-refractivity contribution < 1.29 is 9.47 Å². The maximum absolute atomic E-state index is 6.03. The van der Waals surface area contributed by atoms with Crippen molar-refractivity contribution in [2.45, 2.75) is 0 Å². The maximum atomic E-state index is 6.03. The van der Waals surface area contributed by atoms with Crippen molar-refractivity contribution in [1.82, 2.24) is 0 Å². The van der Waals surface area contributed by atoms with Crippen molar-refractivity contribution >= 4 is 28.9 Å². The van der Waals surface area contributed by atoms with Gasteiger partial charge in [0.25, 0.3) is 0 Å². The molecule has 0 bridgehead atoms. The van der Waals surface area contributed by atoms with Gasteiger partial charge in [0.2, 0.25) is 0 Å². The third kappa shape index (κ3) is 2.81. The molecule has 5 heteroatoms. The van der Waals surface area contributed by atoms with Crippen molar-refractivity contribution in [1.29, 1.82) is 0 Å². The second kappa shape index (κ2) is 5.38. The number of benzene rings is 2. The van der Waals surface area contributed by atoms with Crippen LogP contribution in [0.4, 0.5) is 5.69 Å². The van der Waals surface area contributed by atoms with Crippen LogP contribution in [0.5, 0.6) is 17.2 Å². The number of nitrogens with two attached hydrogens (primary N) is 1. The quantitative estimate of drug-likeness (QED) is 0.851. The molecule has 2 aromatic carbocycles. The van der Waals surface area contributed by atoms with E-state index < -0.39 is 0 Å². The van der Waals surface area contributed by atoms with E-state index in [1.165, 1.54) is 0 Å². The Hall–Kier alpha value is -1.58. The van der Waals surface area contributed by atoms with Gasteiger partial charge in [-0.2, -0.15) is 0 Å². The molecule has 0 unspecified atom stereocenters. The van der Waals surface area contributed by atoms with E-state index >= 15 is 0 Å². The van der Waals surface area contributed by atoms with Gasteiger partial charge in [-0.05, 0) is 36.4 Å². The molecule has 2 N–H and O–H groups in total. The summed E-state index contributed by atoms with van der Waals surface area (Å²) in [5.41, 5.74) is 6.11. The Kier molecular flexibility index (Phi) is 3.84. The van der Waals surface area contributed by atoms with Crippen LogP contribution in [0, 0.1) is 0 Å². The molecule has 0 aliphatic rings. The fourth-order valence-electron chi connectivity index (χ4n) is 1.44. The largest absolute Gasteiger partial charge is 0.497 e. The minimum absolute atomic E-state index is 0.371. The van der Waals surface area contributed by atoms with E-state index in [1.54, 1.807) is 43.5 Å². The van der Waals surface area contributed by atoms with E-state index in [-0.39, 0.29) is 0 Å². The zero-order valence-corrected chi connectivity index (χ0v) is 11.1. The molecule has 0 fully saturated rings. The van der Waals surface area contributed by atoms with Crippen molar-refractivity contribution in [2.24, 2.45) is 0 Å². The van der Waals surface area contributed by atoms with E-state index in [0.29, 0.717) is 27.2 Å². The summed E-state index contributed by atoms with van der Waals surface area (Å²) >= 11 is 12.1. The first-order valence-electron chi connectivity index (χ1n) is 5.16. The van der Waals surface area contributed by atoms with Gasteiger partial charge in [-0.15, -0.1) is 0 Å². The minimum Gasteiger partial charge on any atom is -0.497 e. The number of hydrogen-bond donors (Lipinski definition) is 1. The molecule has 18 heavy (non-hydrogen) atoms. The first-order valence-corrected chi connectivity index (χ1v) is 5.92. The standard InChI is InChI=1S/C13H11Cl2NO2/c1-17-9-2-4-10(5-3-9)18-13-11(14)6-8(16)7-12(13)15/h2-7H,16H2,1H3. The molecule has 0 spiro atoms. The van der Waals surface area contributed by atoms with Crippen LogP contribution in [0.1, 0.15) is 0 Å². The highest BCUT2D eigenvalue weighted by molar-refractivity contribution is 6.37. The molecule has 2 aromatic rings. The highest BCUT2D eigenvalue weighted by atomic mass is 35.5. The molecule has 2 rings (SSSR count). The zero-order chi connectivity index (χ0) is 13.1. The number of methoxy groups -OCH3 is 1. The maximum Gasteiger partial charge on any atom is 0.164 e. The molecule has 0 saturated carbocycles. The lowest BCUT2D eigenvalue weighted by Crippen LogP contribution is -1.90. The van der Waals surface area contributed by atoms with Gasteiger partial charge in [0.15, 0.2) is 5.75 Å². The summed E-state index contributed by atoms with van der Waals surface area (Å²) in [6.45, 7) is 0. The van der Waals surface area contributed by atoms with Crippen LogP contribution in [-0.4, -0.2) is 7.11 Å². The van der Waals surface area contributed by atoms with E-state index in [4.69, 9.17) is 38.4 Å². The Bertz CT molecular complexity index is 532. The van der Waals surface area contributed by atoms with Crippen molar-refractivity contribution in [2.75, 3.05) is 12.8 Å². The Morgan fingerprint density at radius 3 is 1.94 bits per heavy atom. The van der Waals surface area contributed by atoms with Crippen LogP contribution in [0.2, 0.25) is 10.0 Å². The summed E-state index contributed by atoms with van der Waals surface area (Å²) in [4.78, 5) is 0. The summed E-state index contributed by atoms with van der Waals surface area (Å²) in [7, 11) is 1.60. The average molecular weight is 284 g/mol. The van der Waals surface area contributed by atoms with Gasteiger partial charge >= 0.3 is 0 Å². The molecule has 0 heterocycles. The molecule has 3 nitrogen and oxygen atoms in total. The predicted octanol–water partition coefficient (Wildman–Crippen LogP) is 4.38. The van der Waals surface area contributed by atoms with Crippen molar-refractivity contribution in [3.63, 3.8) is 0 Å². The number of ether oxygens (including phenoxy) is 2. The number of halogens is 2. The number of rotatable bonds is 3. The van der Waals surface area contributed by atoms with Gasteiger partial charge < -0.3 is 15.2 Å². The molecule has 94 valence electrons. The molecule has 0 aliphatic carbocycles. The highest BCUT2D eigenvalue weighted by Gasteiger charge is 2.10. The lowest BCUT2D eigenvalue weighted by atomic mass is 10.3. The van der Waals surface area contributed by atoms with Crippen LogP contribution >= 0.6 is 23.2 Å². The van der Waals surface area contributed by atoms with Gasteiger partial charge in [-0.25, -0.2) is 0 Å². The highest BCUT2D eigenvalue weighted by Crippen LogP contribution is 2.38. The molecular formula is C13H11Cl2NO2. The fraction of sp³-hybridized carbons (Fsp3) is 0.0769. The fourth-order valence-corrected chi connectivity index (χ4v) is 2.02. The van der Waals surface area contributed by atoms with E-state index in [1.807, 2.05) is 0 Å². The molecular weight excluding hydrogens is 273 g/mol. The molecule has 0 amide bonds. The summed E-state index contributed by atoms with van der Waals surface area (Å²) in [6.07, 6.45) is 0. The Morgan fingerprint density at radius 1 is 0.944 bits per heavy atom. The smallest absolute Gasteiger partial charge is 0.164 e. The Labute approximate surface area is 115 Å². The normalized spacial score (nSPS) is 10.2. The van der Waals surface area contributed by atoms with E-state index in [9.17, 15) is 0 Å². The third-order valence-corrected chi connectivity index (χ3v) is 2.86. The van der Waals surface area contributed by atoms with Crippen molar-refractivity contribution in [3.8, 4) is 17.2 Å². The lowest BCUT2D eigenvalue weighted by Gasteiger charge is -2.10. The first-order chi connectivity index (χ1) is 8.60. The monoisotopic (exact) mass is 283 g/mol. The van der Waals surface area contributed by atoms with Gasteiger partial charge in [-0.3, -0.25) is 0 Å². The summed E-state index contributed by atoms with van der Waals surface area (Å²) in [5, 5.41) is 0.742. The Morgan fingerprint density at radius 2 is 1.44 bits per heavy atom. The van der Waals surface area contributed by atoms with Crippen LogP contribution < -0.4 is 15.2 Å². The summed E-state index contributed by atoms with van der Waals surface area (Å²) in [5.74, 6) is 1.75. The number of hydrogen-bond acceptors (Lipinski definition) is 3. The topological polar surface area (TPSA) is 44.5 Å². The molecule has 0 aliphatic heterocycles. The summed E-state index contributed by atoms with van der Waals surface area (Å²) in [6, 6.07) is 10.3. The van der Waals surface area contributed by atoms with Crippen LogP contribution in [0.3, 0.4) is 0 Å². The SMILES string of the molecule is COc1ccc(Oc2c(Cl)cc(N)cc2Cl)cc1. The predicted molar refractivity (Wildman–Crippen MR) is 73.9 cm³/mol. The van der Waals surface area contributed by atoms with Gasteiger partial charge in [0.1, 0.15) is 11.5 Å².